The molecular formula is C12H10BrFN2OS. The number of aromatic nitrogens is 1. The Kier molecular flexibility index (Phi) is 4.08. The summed E-state index contributed by atoms with van der Waals surface area (Å²) in [4.78, 5) is 17.0. The number of hydrogen-bond donors (Lipinski definition) is 1. The van der Waals surface area contributed by atoms with Crippen LogP contribution in [0.25, 0.3) is 0 Å². The summed E-state index contributed by atoms with van der Waals surface area (Å²) >= 11 is 4.67. The van der Waals surface area contributed by atoms with Gasteiger partial charge in [-0.1, -0.05) is 0 Å². The maximum absolute atomic E-state index is 12.9. The Morgan fingerprint density at radius 3 is 2.94 bits per heavy atom. The molecule has 0 bridgehead atoms. The third kappa shape index (κ3) is 2.94. The minimum absolute atomic E-state index is 0.241. The predicted molar refractivity (Wildman–Crippen MR) is 72.1 cm³/mol. The first-order valence-corrected chi connectivity index (χ1v) is 6.87. The van der Waals surface area contributed by atoms with Crippen LogP contribution < -0.4 is 5.32 Å². The van der Waals surface area contributed by atoms with Crippen LogP contribution in [0.3, 0.4) is 0 Å². The Balaban J connectivity index is 2.06. The number of rotatable bonds is 3. The highest BCUT2D eigenvalue weighted by Crippen LogP contribution is 2.18. The molecule has 0 unspecified atom stereocenters. The van der Waals surface area contributed by atoms with Gasteiger partial charge in [-0.15, -0.1) is 11.3 Å². The van der Waals surface area contributed by atoms with E-state index in [0.29, 0.717) is 16.6 Å². The SMILES string of the molecule is Cc1ncsc1CNC(=O)c1ccc(F)cc1Br. The molecule has 0 spiro atoms. The van der Waals surface area contributed by atoms with Gasteiger partial charge >= 0.3 is 0 Å². The van der Waals surface area contributed by atoms with E-state index in [2.05, 4.69) is 26.2 Å². The standard InChI is InChI=1S/C12H10BrFN2OS/c1-7-11(18-6-16-7)5-15-12(17)9-3-2-8(14)4-10(9)13/h2-4,6H,5H2,1H3,(H,15,17). The van der Waals surface area contributed by atoms with E-state index >= 15 is 0 Å². The molecule has 0 saturated heterocycles. The van der Waals surface area contributed by atoms with Crippen LogP contribution in [0.15, 0.2) is 28.2 Å². The smallest absolute Gasteiger partial charge is 0.252 e. The highest BCUT2D eigenvalue weighted by molar-refractivity contribution is 9.10. The van der Waals surface area contributed by atoms with Gasteiger partial charge in [0.2, 0.25) is 0 Å². The first-order chi connectivity index (χ1) is 8.58. The van der Waals surface area contributed by atoms with Gasteiger partial charge in [0.15, 0.2) is 0 Å². The van der Waals surface area contributed by atoms with Gasteiger partial charge < -0.3 is 5.32 Å². The van der Waals surface area contributed by atoms with Gasteiger partial charge in [0.1, 0.15) is 5.82 Å². The summed E-state index contributed by atoms with van der Waals surface area (Å²) in [6.07, 6.45) is 0. The molecule has 1 aromatic heterocycles. The minimum Gasteiger partial charge on any atom is -0.347 e. The van der Waals surface area contributed by atoms with Crippen LogP contribution in [-0.2, 0) is 6.54 Å². The highest BCUT2D eigenvalue weighted by Gasteiger charge is 2.11. The molecule has 0 aliphatic heterocycles. The zero-order valence-corrected chi connectivity index (χ0v) is 11.9. The number of amides is 1. The number of nitrogens with one attached hydrogen (secondary N) is 1. The zero-order valence-electron chi connectivity index (χ0n) is 9.54. The van der Waals surface area contributed by atoms with Crippen LogP contribution in [0.5, 0.6) is 0 Å². The van der Waals surface area contributed by atoms with Gasteiger partial charge in [-0.25, -0.2) is 9.37 Å². The van der Waals surface area contributed by atoms with Crippen molar-refractivity contribution < 1.29 is 9.18 Å². The fraction of sp³-hybridized carbons (Fsp3) is 0.167. The molecule has 0 radical (unpaired) electrons. The Morgan fingerprint density at radius 1 is 1.56 bits per heavy atom. The largest absolute Gasteiger partial charge is 0.347 e. The van der Waals surface area contributed by atoms with Crippen LogP contribution in [0.2, 0.25) is 0 Å². The minimum atomic E-state index is -0.378. The average molecular weight is 329 g/mol. The van der Waals surface area contributed by atoms with Crippen molar-refractivity contribution in [2.75, 3.05) is 0 Å². The van der Waals surface area contributed by atoms with Crippen LogP contribution in [0.4, 0.5) is 4.39 Å². The molecule has 6 heteroatoms. The third-order valence-electron chi connectivity index (χ3n) is 2.43. The molecule has 0 saturated carbocycles. The second-order valence-corrected chi connectivity index (χ2v) is 5.46. The van der Waals surface area contributed by atoms with E-state index in [1.54, 1.807) is 5.51 Å². The van der Waals surface area contributed by atoms with Crippen LogP contribution >= 0.6 is 27.3 Å². The summed E-state index contributed by atoms with van der Waals surface area (Å²) in [7, 11) is 0. The molecule has 3 nitrogen and oxygen atoms in total. The lowest BCUT2D eigenvalue weighted by molar-refractivity contribution is 0.0950. The first-order valence-electron chi connectivity index (χ1n) is 5.20. The Labute approximate surface area is 116 Å². The molecule has 1 amide bonds. The van der Waals surface area contributed by atoms with Crippen molar-refractivity contribution in [3.05, 3.63) is 50.1 Å². The lowest BCUT2D eigenvalue weighted by Gasteiger charge is -2.06. The van der Waals surface area contributed by atoms with Crippen molar-refractivity contribution >= 4 is 33.2 Å². The Hall–Kier alpha value is -1.27. The number of carbonyl (C=O) groups excluding carboxylic acids is 1. The van der Waals surface area contributed by atoms with Crippen molar-refractivity contribution in [3.63, 3.8) is 0 Å². The summed E-state index contributed by atoms with van der Waals surface area (Å²) in [5, 5.41) is 2.78. The van der Waals surface area contributed by atoms with Crippen LogP contribution in [0.1, 0.15) is 20.9 Å². The van der Waals surface area contributed by atoms with Crippen LogP contribution in [-0.4, -0.2) is 10.9 Å². The van der Waals surface area contributed by atoms with E-state index < -0.39 is 0 Å². The number of carbonyl (C=O) groups is 1. The Bertz CT molecular complexity index is 585. The molecule has 94 valence electrons. The molecule has 1 N–H and O–H groups in total. The monoisotopic (exact) mass is 328 g/mol. The van der Waals surface area contributed by atoms with Crippen molar-refractivity contribution in [2.45, 2.75) is 13.5 Å². The molecule has 1 heterocycles. The van der Waals surface area contributed by atoms with E-state index in [9.17, 15) is 9.18 Å². The molecule has 0 fully saturated rings. The van der Waals surface area contributed by atoms with Gasteiger partial charge in [-0.3, -0.25) is 4.79 Å². The predicted octanol–water partition coefficient (Wildman–Crippen LogP) is 3.28. The Morgan fingerprint density at radius 2 is 2.33 bits per heavy atom. The molecule has 18 heavy (non-hydrogen) atoms. The molecule has 1 aromatic carbocycles. The molecule has 2 aromatic rings. The number of thiazole rings is 1. The van der Waals surface area contributed by atoms with E-state index in [4.69, 9.17) is 0 Å². The number of halogens is 2. The van der Waals surface area contributed by atoms with Gasteiger partial charge in [-0.2, -0.15) is 0 Å². The van der Waals surface area contributed by atoms with E-state index in [-0.39, 0.29) is 11.7 Å². The quantitative estimate of drug-likeness (QED) is 0.939. The first kappa shape index (κ1) is 13.2. The summed E-state index contributed by atoms with van der Waals surface area (Å²) in [6, 6.07) is 3.98. The van der Waals surface area contributed by atoms with Crippen molar-refractivity contribution in [1.29, 1.82) is 0 Å². The molecule has 2 rings (SSSR count). The summed E-state index contributed by atoms with van der Waals surface area (Å²) in [5.41, 5.74) is 3.07. The van der Waals surface area contributed by atoms with Crippen LogP contribution in [0, 0.1) is 12.7 Å². The van der Waals surface area contributed by atoms with Crippen molar-refractivity contribution in [2.24, 2.45) is 0 Å². The maximum Gasteiger partial charge on any atom is 0.252 e. The van der Waals surface area contributed by atoms with E-state index in [1.807, 2.05) is 6.92 Å². The number of hydrogen-bond acceptors (Lipinski definition) is 3. The number of aryl methyl sites for hydroxylation is 1. The number of benzene rings is 1. The maximum atomic E-state index is 12.9. The van der Waals surface area contributed by atoms with Crippen molar-refractivity contribution in [1.82, 2.24) is 10.3 Å². The molecular weight excluding hydrogens is 319 g/mol. The van der Waals surface area contributed by atoms with Crippen molar-refractivity contribution in [3.8, 4) is 0 Å². The lowest BCUT2D eigenvalue weighted by atomic mass is 10.2. The lowest BCUT2D eigenvalue weighted by Crippen LogP contribution is -2.23. The van der Waals surface area contributed by atoms with E-state index in [0.717, 1.165) is 10.6 Å². The second kappa shape index (κ2) is 5.58. The fourth-order valence-electron chi connectivity index (χ4n) is 1.43. The molecule has 0 aliphatic carbocycles. The van der Waals surface area contributed by atoms with Gasteiger partial charge in [0, 0.05) is 9.35 Å². The number of nitrogens with zero attached hydrogens (tertiary/aromatic N) is 1. The van der Waals surface area contributed by atoms with Gasteiger partial charge in [0.05, 0.1) is 23.3 Å². The normalized spacial score (nSPS) is 10.4. The summed E-state index contributed by atoms with van der Waals surface area (Å²) in [5.74, 6) is -0.619. The topological polar surface area (TPSA) is 42.0 Å². The average Bonchev–Trinajstić information content (AvgIpc) is 2.72. The second-order valence-electron chi connectivity index (χ2n) is 3.67. The molecule has 0 aliphatic rings. The molecule has 0 atom stereocenters. The zero-order chi connectivity index (χ0) is 13.1. The van der Waals surface area contributed by atoms with Gasteiger partial charge in [-0.05, 0) is 41.1 Å². The highest BCUT2D eigenvalue weighted by atomic mass is 79.9. The third-order valence-corrected chi connectivity index (χ3v) is 4.02. The summed E-state index contributed by atoms with van der Waals surface area (Å²) < 4.78 is 13.4. The van der Waals surface area contributed by atoms with E-state index in [1.165, 1.54) is 29.5 Å². The fourth-order valence-corrected chi connectivity index (χ4v) is 2.67. The van der Waals surface area contributed by atoms with Gasteiger partial charge in [0.25, 0.3) is 5.91 Å². The summed E-state index contributed by atoms with van der Waals surface area (Å²) in [6.45, 7) is 2.32.